The highest BCUT2D eigenvalue weighted by molar-refractivity contribution is 5.97. The number of nitrogens with zero attached hydrogens (tertiary/aromatic N) is 2. The number of hydrogen-bond donors (Lipinski definition) is 1. The molecule has 7 nitrogen and oxygen atoms in total. The van der Waals surface area contributed by atoms with Crippen LogP contribution in [0.4, 0.5) is 10.1 Å². The van der Waals surface area contributed by atoms with Crippen molar-refractivity contribution in [1.29, 1.82) is 5.26 Å². The first-order valence-corrected chi connectivity index (χ1v) is 9.25. The Bertz CT molecular complexity index is 964. The number of anilines is 1. The van der Waals surface area contributed by atoms with Gasteiger partial charge in [-0.3, -0.25) is 14.4 Å². The van der Waals surface area contributed by atoms with Crippen molar-refractivity contribution in [3.8, 4) is 6.07 Å². The normalized spacial score (nSPS) is 10.1. The Labute approximate surface area is 174 Å². The second-order valence-corrected chi connectivity index (χ2v) is 6.65. The molecule has 0 unspecified atom stereocenters. The van der Waals surface area contributed by atoms with Crippen molar-refractivity contribution < 1.29 is 23.5 Å². The summed E-state index contributed by atoms with van der Waals surface area (Å²) in [5.41, 5.74) is 2.59. The zero-order valence-electron chi connectivity index (χ0n) is 16.8. The highest BCUT2D eigenvalue weighted by Crippen LogP contribution is 2.19. The molecule has 0 spiro atoms. The zero-order chi connectivity index (χ0) is 22.1. The topological polar surface area (TPSA) is 99.5 Å². The van der Waals surface area contributed by atoms with E-state index in [2.05, 4.69) is 5.32 Å². The van der Waals surface area contributed by atoms with Crippen LogP contribution in [0.2, 0.25) is 0 Å². The van der Waals surface area contributed by atoms with Crippen LogP contribution in [0, 0.1) is 31.0 Å². The average Bonchev–Trinajstić information content (AvgIpc) is 2.70. The van der Waals surface area contributed by atoms with Crippen molar-refractivity contribution in [3.05, 3.63) is 65.0 Å². The first kappa shape index (κ1) is 22.6. The largest absolute Gasteiger partial charge is 0.454 e. The van der Waals surface area contributed by atoms with Gasteiger partial charge in [-0.25, -0.2) is 4.39 Å². The molecule has 0 radical (unpaired) electrons. The summed E-state index contributed by atoms with van der Waals surface area (Å²) in [6.07, 6.45) is 0.121. The van der Waals surface area contributed by atoms with E-state index in [0.29, 0.717) is 5.69 Å². The number of hydrogen-bond acceptors (Lipinski definition) is 5. The average molecular weight is 411 g/mol. The number of nitriles is 1. The van der Waals surface area contributed by atoms with Gasteiger partial charge in [0, 0.05) is 17.8 Å². The molecule has 1 N–H and O–H groups in total. The number of nitrogens with one attached hydrogen (secondary N) is 1. The summed E-state index contributed by atoms with van der Waals surface area (Å²) >= 11 is 0. The van der Waals surface area contributed by atoms with E-state index in [1.54, 1.807) is 0 Å². The van der Waals surface area contributed by atoms with Crippen LogP contribution >= 0.6 is 0 Å². The van der Waals surface area contributed by atoms with Gasteiger partial charge in [0.1, 0.15) is 12.4 Å². The molecule has 0 bridgehead atoms. The molecule has 0 heterocycles. The number of benzene rings is 2. The van der Waals surface area contributed by atoms with Gasteiger partial charge in [0.2, 0.25) is 0 Å². The van der Waals surface area contributed by atoms with E-state index in [1.807, 2.05) is 38.1 Å². The number of ether oxygens (including phenoxy) is 1. The molecular formula is C22H22FN3O4. The Hall–Kier alpha value is -3.73. The maximum Gasteiger partial charge on any atom is 0.325 e. The van der Waals surface area contributed by atoms with E-state index >= 15 is 0 Å². The first-order chi connectivity index (χ1) is 14.3. The van der Waals surface area contributed by atoms with E-state index in [1.165, 1.54) is 23.1 Å². The summed E-state index contributed by atoms with van der Waals surface area (Å²) in [6, 6.07) is 12.6. The van der Waals surface area contributed by atoms with Crippen molar-refractivity contribution in [2.75, 3.05) is 24.6 Å². The minimum atomic E-state index is -0.811. The fourth-order valence-corrected chi connectivity index (χ4v) is 2.82. The Morgan fingerprint density at radius 2 is 1.83 bits per heavy atom. The van der Waals surface area contributed by atoms with Crippen molar-refractivity contribution >= 4 is 23.5 Å². The van der Waals surface area contributed by atoms with Crippen LogP contribution < -0.4 is 10.2 Å². The molecule has 0 atom stereocenters. The van der Waals surface area contributed by atoms with Gasteiger partial charge in [-0.05, 0) is 55.3 Å². The van der Waals surface area contributed by atoms with Gasteiger partial charge in [0.05, 0.1) is 12.5 Å². The molecule has 30 heavy (non-hydrogen) atoms. The lowest BCUT2D eigenvalue weighted by Gasteiger charge is -2.22. The van der Waals surface area contributed by atoms with Crippen LogP contribution in [0.1, 0.15) is 27.9 Å². The third-order valence-corrected chi connectivity index (χ3v) is 4.10. The van der Waals surface area contributed by atoms with Gasteiger partial charge in [-0.15, -0.1) is 0 Å². The third kappa shape index (κ3) is 6.71. The summed E-state index contributed by atoms with van der Waals surface area (Å²) in [5.74, 6) is -2.50. The fourth-order valence-electron chi connectivity index (χ4n) is 2.82. The number of rotatable bonds is 8. The number of amides is 2. The predicted octanol–water partition coefficient (Wildman–Crippen LogP) is 2.66. The van der Waals surface area contributed by atoms with Gasteiger partial charge >= 0.3 is 5.97 Å². The number of carbonyl (C=O) groups excluding carboxylic acids is 3. The first-order valence-electron chi connectivity index (χ1n) is 9.25. The number of halogens is 1. The van der Waals surface area contributed by atoms with Crippen LogP contribution in [-0.4, -0.2) is 37.5 Å². The summed E-state index contributed by atoms with van der Waals surface area (Å²) in [4.78, 5) is 37.8. The van der Waals surface area contributed by atoms with Gasteiger partial charge in [0.15, 0.2) is 6.61 Å². The summed E-state index contributed by atoms with van der Waals surface area (Å²) in [7, 11) is 0. The molecule has 2 aromatic carbocycles. The Kier molecular flexibility index (Phi) is 8.06. The third-order valence-electron chi connectivity index (χ3n) is 4.10. The SMILES string of the molecule is Cc1cc(C)cc(N(CCC#N)C(=O)COC(=O)CNC(=O)c2cccc(F)c2)c1. The minimum absolute atomic E-state index is 0.0661. The van der Waals surface area contributed by atoms with Crippen molar-refractivity contribution in [1.82, 2.24) is 5.32 Å². The number of esters is 1. The number of carbonyl (C=O) groups is 3. The molecule has 156 valence electrons. The zero-order valence-corrected chi connectivity index (χ0v) is 16.8. The standard InChI is InChI=1S/C22H22FN3O4/c1-15-9-16(2)11-19(10-15)26(8-4-7-24)20(27)14-30-21(28)13-25-22(29)17-5-3-6-18(23)12-17/h3,5-6,9-12H,4,8,13-14H2,1-2H3,(H,25,29). The maximum atomic E-state index is 13.2. The molecule has 2 rings (SSSR count). The Morgan fingerprint density at radius 3 is 2.47 bits per heavy atom. The molecule has 0 aliphatic carbocycles. The Morgan fingerprint density at radius 1 is 1.13 bits per heavy atom. The van der Waals surface area contributed by atoms with Crippen molar-refractivity contribution in [2.24, 2.45) is 0 Å². The summed E-state index contributed by atoms with van der Waals surface area (Å²) in [6.45, 7) is 2.94. The predicted molar refractivity (Wildman–Crippen MR) is 108 cm³/mol. The fraction of sp³-hybridized carbons (Fsp3) is 0.273. The molecule has 0 saturated heterocycles. The van der Waals surface area contributed by atoms with Gasteiger partial charge in [0.25, 0.3) is 11.8 Å². The molecule has 0 aromatic heterocycles. The van der Waals surface area contributed by atoms with Crippen LogP contribution in [0.5, 0.6) is 0 Å². The summed E-state index contributed by atoms with van der Waals surface area (Å²) in [5, 5.41) is 11.2. The van der Waals surface area contributed by atoms with Gasteiger partial charge < -0.3 is 15.0 Å². The second-order valence-electron chi connectivity index (χ2n) is 6.65. The summed E-state index contributed by atoms with van der Waals surface area (Å²) < 4.78 is 18.1. The van der Waals surface area contributed by atoms with E-state index in [-0.39, 0.29) is 18.5 Å². The molecular weight excluding hydrogens is 389 g/mol. The van der Waals surface area contributed by atoms with Crippen molar-refractivity contribution in [2.45, 2.75) is 20.3 Å². The lowest BCUT2D eigenvalue weighted by atomic mass is 10.1. The smallest absolute Gasteiger partial charge is 0.325 e. The maximum absolute atomic E-state index is 13.2. The van der Waals surface area contributed by atoms with E-state index in [4.69, 9.17) is 10.00 Å². The Balaban J connectivity index is 1.93. The van der Waals surface area contributed by atoms with Crippen LogP contribution in [-0.2, 0) is 14.3 Å². The molecule has 0 aliphatic heterocycles. The molecule has 0 saturated carbocycles. The van der Waals surface area contributed by atoms with E-state index in [9.17, 15) is 18.8 Å². The molecule has 8 heteroatoms. The van der Waals surface area contributed by atoms with Crippen LogP contribution in [0.15, 0.2) is 42.5 Å². The van der Waals surface area contributed by atoms with Crippen molar-refractivity contribution in [3.63, 3.8) is 0 Å². The molecule has 2 amide bonds. The van der Waals surface area contributed by atoms with Gasteiger partial charge in [-0.2, -0.15) is 5.26 Å². The quantitative estimate of drug-likeness (QED) is 0.673. The highest BCUT2D eigenvalue weighted by atomic mass is 19.1. The molecule has 0 fully saturated rings. The molecule has 0 aliphatic rings. The lowest BCUT2D eigenvalue weighted by Crippen LogP contribution is -2.37. The number of aryl methyl sites for hydroxylation is 2. The minimum Gasteiger partial charge on any atom is -0.454 e. The van der Waals surface area contributed by atoms with Gasteiger partial charge in [-0.1, -0.05) is 12.1 Å². The van der Waals surface area contributed by atoms with Crippen LogP contribution in [0.3, 0.4) is 0 Å². The van der Waals surface area contributed by atoms with E-state index < -0.39 is 36.8 Å². The molecule has 2 aromatic rings. The van der Waals surface area contributed by atoms with Crippen LogP contribution in [0.25, 0.3) is 0 Å². The monoisotopic (exact) mass is 411 g/mol. The lowest BCUT2D eigenvalue weighted by molar-refractivity contribution is -0.146. The van der Waals surface area contributed by atoms with E-state index in [0.717, 1.165) is 17.2 Å². The highest BCUT2D eigenvalue weighted by Gasteiger charge is 2.18. The second kappa shape index (κ2) is 10.7.